The second kappa shape index (κ2) is 6.03. The molecule has 124 valence electrons. The normalized spacial score (nSPS) is 18.3. The first-order valence-corrected chi connectivity index (χ1v) is 8.94. The van der Waals surface area contributed by atoms with Gasteiger partial charge in [-0.25, -0.2) is 4.98 Å². The molecule has 0 saturated carbocycles. The van der Waals surface area contributed by atoms with Crippen molar-refractivity contribution in [2.45, 2.75) is 32.4 Å². The predicted molar refractivity (Wildman–Crippen MR) is 97.0 cm³/mol. The smallest absolute Gasteiger partial charge is 0.312 e. The summed E-state index contributed by atoms with van der Waals surface area (Å²) in [6.45, 7) is 5.62. The van der Waals surface area contributed by atoms with Gasteiger partial charge in [-0.05, 0) is 58.2 Å². The van der Waals surface area contributed by atoms with Crippen LogP contribution in [-0.2, 0) is 0 Å². The van der Waals surface area contributed by atoms with Crippen LogP contribution in [-0.4, -0.2) is 33.6 Å². The van der Waals surface area contributed by atoms with E-state index < -0.39 is 4.92 Å². The van der Waals surface area contributed by atoms with Gasteiger partial charge in [-0.15, -0.1) is 0 Å². The van der Waals surface area contributed by atoms with Gasteiger partial charge in [0.2, 0.25) is 5.95 Å². The molecule has 0 amide bonds. The maximum Gasteiger partial charge on any atom is 0.312 e. The highest BCUT2D eigenvalue weighted by Gasteiger charge is 2.30. The molecule has 2 heterocycles. The summed E-state index contributed by atoms with van der Waals surface area (Å²) >= 11 is 6.69. The van der Waals surface area contributed by atoms with Crippen molar-refractivity contribution >= 4 is 54.5 Å². The summed E-state index contributed by atoms with van der Waals surface area (Å²) in [4.78, 5) is 17.9. The van der Waals surface area contributed by atoms with Crippen molar-refractivity contribution in [2.24, 2.45) is 5.73 Å². The third-order valence-electron chi connectivity index (χ3n) is 4.04. The number of fused-ring (bicyclic) bond motifs is 1. The largest absolute Gasteiger partial charge is 0.341 e. The molecule has 9 heteroatoms. The van der Waals surface area contributed by atoms with Crippen molar-refractivity contribution in [1.82, 2.24) is 9.55 Å². The summed E-state index contributed by atoms with van der Waals surface area (Å²) < 4.78 is 3.09. The van der Waals surface area contributed by atoms with Crippen LogP contribution in [0.15, 0.2) is 15.0 Å². The topological polar surface area (TPSA) is 90.2 Å². The molecule has 2 aromatic rings. The highest BCUT2D eigenvalue weighted by atomic mass is 79.9. The van der Waals surface area contributed by atoms with E-state index in [0.29, 0.717) is 21.0 Å². The Balaban J connectivity index is 2.31. The fourth-order valence-electron chi connectivity index (χ4n) is 3.01. The molecule has 0 radical (unpaired) electrons. The maximum atomic E-state index is 11.5. The zero-order chi connectivity index (χ0) is 16.9. The third kappa shape index (κ3) is 2.74. The highest BCUT2D eigenvalue weighted by molar-refractivity contribution is 9.13. The predicted octanol–water partition coefficient (Wildman–Crippen LogP) is 3.59. The van der Waals surface area contributed by atoms with Crippen LogP contribution in [0.25, 0.3) is 11.0 Å². The molecule has 1 unspecified atom stereocenters. The Bertz CT molecular complexity index is 789. The van der Waals surface area contributed by atoms with E-state index in [0.717, 1.165) is 24.4 Å². The lowest BCUT2D eigenvalue weighted by atomic mass is 10.2. The lowest BCUT2D eigenvalue weighted by Crippen LogP contribution is -2.28. The van der Waals surface area contributed by atoms with E-state index in [1.807, 2.05) is 24.5 Å². The molecule has 3 rings (SSSR count). The number of hydrogen-bond acceptors (Lipinski definition) is 5. The van der Waals surface area contributed by atoms with Gasteiger partial charge in [-0.3, -0.25) is 10.1 Å². The quantitative estimate of drug-likeness (QED) is 0.574. The Morgan fingerprint density at radius 2 is 2.17 bits per heavy atom. The number of nitro groups is 1. The molecule has 0 spiro atoms. The van der Waals surface area contributed by atoms with Gasteiger partial charge < -0.3 is 15.2 Å². The number of imidazole rings is 1. The molecule has 2 N–H and O–H groups in total. The van der Waals surface area contributed by atoms with Crippen molar-refractivity contribution < 1.29 is 4.92 Å². The van der Waals surface area contributed by atoms with E-state index >= 15 is 0 Å². The van der Waals surface area contributed by atoms with Gasteiger partial charge in [0.1, 0.15) is 4.47 Å². The van der Waals surface area contributed by atoms with Crippen LogP contribution in [0.3, 0.4) is 0 Å². The van der Waals surface area contributed by atoms with Gasteiger partial charge in [-0.1, -0.05) is 0 Å². The van der Waals surface area contributed by atoms with Crippen LogP contribution in [0.2, 0.25) is 0 Å². The second-order valence-electron chi connectivity index (χ2n) is 6.02. The summed E-state index contributed by atoms with van der Waals surface area (Å²) in [6.07, 6.45) is 0.900. The number of nitro benzene ring substituents is 1. The minimum absolute atomic E-state index is 0.0153. The minimum atomic E-state index is -0.395. The molecule has 1 atom stereocenters. The summed E-state index contributed by atoms with van der Waals surface area (Å²) in [7, 11) is 0. The SMILES string of the molecule is CC(C)n1c(N2CCC(N)C2)nc2c([N+](=O)[O-])c(Br)c(Br)cc21. The van der Waals surface area contributed by atoms with E-state index in [1.165, 1.54) is 0 Å². The van der Waals surface area contributed by atoms with E-state index in [4.69, 9.17) is 5.73 Å². The Morgan fingerprint density at radius 1 is 1.48 bits per heavy atom. The number of hydrogen-bond donors (Lipinski definition) is 1. The summed E-state index contributed by atoms with van der Waals surface area (Å²) in [5, 5.41) is 11.5. The highest BCUT2D eigenvalue weighted by Crippen LogP contribution is 2.41. The van der Waals surface area contributed by atoms with Crippen LogP contribution >= 0.6 is 31.9 Å². The van der Waals surface area contributed by atoms with Crippen LogP contribution in [0.1, 0.15) is 26.3 Å². The van der Waals surface area contributed by atoms with Gasteiger partial charge in [0.25, 0.3) is 0 Å². The second-order valence-corrected chi connectivity index (χ2v) is 7.66. The van der Waals surface area contributed by atoms with Gasteiger partial charge in [0.15, 0.2) is 5.52 Å². The van der Waals surface area contributed by atoms with Gasteiger partial charge in [0, 0.05) is 29.6 Å². The van der Waals surface area contributed by atoms with Crippen LogP contribution in [0.5, 0.6) is 0 Å². The van der Waals surface area contributed by atoms with Gasteiger partial charge >= 0.3 is 5.69 Å². The van der Waals surface area contributed by atoms with Crippen molar-refractivity contribution in [2.75, 3.05) is 18.0 Å². The molecular weight excluding hydrogens is 430 g/mol. The summed E-state index contributed by atoms with van der Waals surface area (Å²) in [6, 6.07) is 2.11. The van der Waals surface area contributed by atoms with E-state index in [-0.39, 0.29) is 17.8 Å². The molecule has 1 aliphatic heterocycles. The first kappa shape index (κ1) is 16.7. The summed E-state index contributed by atoms with van der Waals surface area (Å²) in [5.41, 5.74) is 7.14. The maximum absolute atomic E-state index is 11.5. The molecule has 0 aliphatic carbocycles. The first-order chi connectivity index (χ1) is 10.8. The van der Waals surface area contributed by atoms with Crippen molar-refractivity contribution in [3.05, 3.63) is 25.1 Å². The average Bonchev–Trinajstić information content (AvgIpc) is 3.02. The zero-order valence-electron chi connectivity index (χ0n) is 12.8. The Hall–Kier alpha value is -1.19. The lowest BCUT2D eigenvalue weighted by Gasteiger charge is -2.21. The van der Waals surface area contributed by atoms with Crippen molar-refractivity contribution in [3.63, 3.8) is 0 Å². The monoisotopic (exact) mass is 445 g/mol. The third-order valence-corrected chi connectivity index (χ3v) is 6.00. The van der Waals surface area contributed by atoms with E-state index in [2.05, 4.69) is 41.7 Å². The molecule has 0 bridgehead atoms. The van der Waals surface area contributed by atoms with Crippen molar-refractivity contribution in [1.29, 1.82) is 0 Å². The standard InChI is InChI=1S/C14H17Br2N5O2/c1-7(2)20-10-5-9(15)11(16)13(21(22)23)12(10)18-14(20)19-4-3-8(17)6-19/h5,7-8H,3-4,6,17H2,1-2H3. The zero-order valence-corrected chi connectivity index (χ0v) is 16.0. The Kier molecular flexibility index (Phi) is 4.37. The van der Waals surface area contributed by atoms with Crippen LogP contribution in [0.4, 0.5) is 11.6 Å². The lowest BCUT2D eigenvalue weighted by molar-refractivity contribution is -0.384. The number of aromatic nitrogens is 2. The molecule has 23 heavy (non-hydrogen) atoms. The molecule has 1 aliphatic rings. The number of rotatable bonds is 3. The number of nitrogens with zero attached hydrogens (tertiary/aromatic N) is 4. The minimum Gasteiger partial charge on any atom is -0.341 e. The summed E-state index contributed by atoms with van der Waals surface area (Å²) in [5.74, 6) is 0.746. The number of nitrogens with two attached hydrogens (primary N) is 1. The Morgan fingerprint density at radius 3 is 2.70 bits per heavy atom. The van der Waals surface area contributed by atoms with Crippen molar-refractivity contribution in [3.8, 4) is 0 Å². The molecule has 1 fully saturated rings. The number of benzene rings is 1. The molecule has 7 nitrogen and oxygen atoms in total. The van der Waals surface area contributed by atoms with Gasteiger partial charge in [-0.2, -0.15) is 0 Å². The number of halogens is 2. The van der Waals surface area contributed by atoms with E-state index in [1.54, 1.807) is 0 Å². The molecule has 1 aromatic heterocycles. The van der Waals surface area contributed by atoms with Gasteiger partial charge in [0.05, 0.1) is 10.4 Å². The van der Waals surface area contributed by atoms with Crippen LogP contribution in [0, 0.1) is 10.1 Å². The van der Waals surface area contributed by atoms with E-state index in [9.17, 15) is 10.1 Å². The van der Waals surface area contributed by atoms with Crippen LogP contribution < -0.4 is 10.6 Å². The fraction of sp³-hybridized carbons (Fsp3) is 0.500. The molecule has 1 aromatic carbocycles. The average molecular weight is 447 g/mol. The Labute approximate surface area is 150 Å². The molecule has 1 saturated heterocycles. The number of anilines is 1. The molecular formula is C14H17Br2N5O2. The fourth-order valence-corrected chi connectivity index (χ4v) is 3.86. The first-order valence-electron chi connectivity index (χ1n) is 7.36.